The second-order valence-electron chi connectivity index (χ2n) is 5.00. The molecule has 0 fully saturated rings. The van der Waals surface area contributed by atoms with Crippen molar-refractivity contribution in [2.45, 2.75) is 20.0 Å². The first kappa shape index (κ1) is 17.5. The number of nitrogens with one attached hydrogen (secondary N) is 2. The van der Waals surface area contributed by atoms with Crippen LogP contribution in [0.4, 0.5) is 24.7 Å². The number of pyridine rings is 1. The van der Waals surface area contributed by atoms with Gasteiger partial charge in [0.15, 0.2) is 0 Å². The Morgan fingerprint density at radius 2 is 1.92 bits per heavy atom. The second kappa shape index (κ2) is 7.12. The summed E-state index contributed by atoms with van der Waals surface area (Å²) in [6.07, 6.45) is -3.68. The zero-order valence-corrected chi connectivity index (χ0v) is 13.0. The molecule has 1 aromatic heterocycles. The van der Waals surface area contributed by atoms with Crippen molar-refractivity contribution < 1.29 is 18.0 Å². The van der Waals surface area contributed by atoms with Crippen molar-refractivity contribution in [1.82, 2.24) is 4.98 Å². The van der Waals surface area contributed by atoms with Gasteiger partial charge >= 0.3 is 6.18 Å². The fourth-order valence-electron chi connectivity index (χ4n) is 1.86. The Labute approximate surface area is 136 Å². The highest BCUT2D eigenvalue weighted by atomic mass is 19.4. The summed E-state index contributed by atoms with van der Waals surface area (Å²) in [6.45, 7) is 3.13. The van der Waals surface area contributed by atoms with Crippen LogP contribution in [0.1, 0.15) is 25.0 Å². The monoisotopic (exact) mass is 336 g/mol. The summed E-state index contributed by atoms with van der Waals surface area (Å²) in [5.74, 6) is 0.00851. The van der Waals surface area contributed by atoms with E-state index in [0.29, 0.717) is 11.4 Å². The molecular formula is C16H15F3N4O. The number of carbonyl (C=O) groups is 1. The van der Waals surface area contributed by atoms with Gasteiger partial charge in [-0.1, -0.05) is 12.1 Å². The average Bonchev–Trinajstić information content (AvgIpc) is 2.52. The van der Waals surface area contributed by atoms with Crippen molar-refractivity contribution in [1.29, 1.82) is 0 Å². The van der Waals surface area contributed by atoms with E-state index in [1.807, 2.05) is 0 Å². The molecule has 2 rings (SSSR count). The number of anilines is 2. The third kappa shape index (κ3) is 4.80. The average molecular weight is 336 g/mol. The lowest BCUT2D eigenvalue weighted by Gasteiger charge is -2.08. The molecule has 8 heteroatoms. The maximum Gasteiger partial charge on any atom is 0.417 e. The minimum atomic E-state index is -4.42. The van der Waals surface area contributed by atoms with E-state index in [1.54, 1.807) is 31.2 Å². The number of aromatic nitrogens is 1. The molecule has 0 radical (unpaired) electrons. The highest BCUT2D eigenvalue weighted by Crippen LogP contribution is 2.28. The highest BCUT2D eigenvalue weighted by Gasteiger charge is 2.30. The lowest BCUT2D eigenvalue weighted by molar-refractivity contribution is -0.137. The predicted octanol–water partition coefficient (Wildman–Crippen LogP) is 3.89. The van der Waals surface area contributed by atoms with Crippen molar-refractivity contribution in [3.8, 4) is 0 Å². The van der Waals surface area contributed by atoms with E-state index in [9.17, 15) is 18.0 Å². The zero-order valence-electron chi connectivity index (χ0n) is 13.0. The topological polar surface area (TPSA) is 66.4 Å². The van der Waals surface area contributed by atoms with Gasteiger partial charge in [0.25, 0.3) is 0 Å². The fraction of sp³-hybridized carbons (Fsp3) is 0.188. The number of carbonyl (C=O) groups excluding carboxylic acids is 1. The Kier molecular flexibility index (Phi) is 5.18. The van der Waals surface area contributed by atoms with Gasteiger partial charge in [-0.25, -0.2) is 4.98 Å². The molecule has 126 valence electrons. The van der Waals surface area contributed by atoms with E-state index in [4.69, 9.17) is 0 Å². The molecule has 0 aliphatic carbocycles. The van der Waals surface area contributed by atoms with Crippen LogP contribution < -0.4 is 10.7 Å². The van der Waals surface area contributed by atoms with Crippen LogP contribution in [0.2, 0.25) is 0 Å². The Bertz CT molecular complexity index is 755. The van der Waals surface area contributed by atoms with Crippen LogP contribution in [0.3, 0.4) is 0 Å². The molecule has 2 aromatic rings. The second-order valence-corrected chi connectivity index (χ2v) is 5.00. The smallest absolute Gasteiger partial charge is 0.326 e. The van der Waals surface area contributed by atoms with Crippen LogP contribution in [0.15, 0.2) is 47.7 Å². The maximum atomic E-state index is 12.5. The summed E-state index contributed by atoms with van der Waals surface area (Å²) >= 11 is 0. The van der Waals surface area contributed by atoms with Gasteiger partial charge in [0, 0.05) is 18.8 Å². The summed E-state index contributed by atoms with van der Waals surface area (Å²) in [5.41, 5.74) is 3.75. The largest absolute Gasteiger partial charge is 0.417 e. The summed E-state index contributed by atoms with van der Waals surface area (Å²) in [7, 11) is 0. The molecule has 1 heterocycles. The summed E-state index contributed by atoms with van der Waals surface area (Å²) in [4.78, 5) is 14.7. The van der Waals surface area contributed by atoms with Crippen LogP contribution in [-0.4, -0.2) is 16.6 Å². The van der Waals surface area contributed by atoms with Gasteiger partial charge in [-0.15, -0.1) is 0 Å². The predicted molar refractivity (Wildman–Crippen MR) is 85.8 cm³/mol. The molecular weight excluding hydrogens is 321 g/mol. The molecule has 2 N–H and O–H groups in total. The number of hydrazone groups is 1. The van der Waals surface area contributed by atoms with Crippen LogP contribution in [0, 0.1) is 0 Å². The third-order valence-electron chi connectivity index (χ3n) is 3.03. The molecule has 0 saturated heterocycles. The number of hydrogen-bond acceptors (Lipinski definition) is 4. The molecule has 1 aromatic carbocycles. The molecule has 0 saturated carbocycles. The van der Waals surface area contributed by atoms with E-state index in [2.05, 4.69) is 20.8 Å². The Hall–Kier alpha value is -2.90. The number of hydrogen-bond donors (Lipinski definition) is 2. The number of alkyl halides is 3. The highest BCUT2D eigenvalue weighted by molar-refractivity contribution is 6.00. The Morgan fingerprint density at radius 3 is 2.50 bits per heavy atom. The van der Waals surface area contributed by atoms with Crippen LogP contribution in [0.5, 0.6) is 0 Å². The third-order valence-corrected chi connectivity index (χ3v) is 3.03. The van der Waals surface area contributed by atoms with Crippen molar-refractivity contribution in [3.63, 3.8) is 0 Å². The van der Waals surface area contributed by atoms with E-state index < -0.39 is 11.7 Å². The summed E-state index contributed by atoms with van der Waals surface area (Å²) in [6, 6.07) is 9.16. The normalized spacial score (nSPS) is 12.0. The molecule has 1 amide bonds. The molecule has 0 aliphatic heterocycles. The van der Waals surface area contributed by atoms with Gasteiger partial charge in [-0.3, -0.25) is 10.2 Å². The zero-order chi connectivity index (χ0) is 17.7. The number of rotatable bonds is 4. The number of amides is 1. The quantitative estimate of drug-likeness (QED) is 0.657. The Morgan fingerprint density at radius 1 is 1.17 bits per heavy atom. The minimum absolute atomic E-state index is 0.186. The molecule has 0 spiro atoms. The van der Waals surface area contributed by atoms with E-state index >= 15 is 0 Å². The van der Waals surface area contributed by atoms with Gasteiger partial charge in [-0.2, -0.15) is 18.3 Å². The van der Waals surface area contributed by atoms with Crippen LogP contribution in [-0.2, 0) is 11.0 Å². The minimum Gasteiger partial charge on any atom is -0.326 e. The fourth-order valence-corrected chi connectivity index (χ4v) is 1.86. The van der Waals surface area contributed by atoms with Crippen molar-refractivity contribution in [2.75, 3.05) is 10.7 Å². The lowest BCUT2D eigenvalue weighted by Crippen LogP contribution is -2.07. The van der Waals surface area contributed by atoms with E-state index in [-0.39, 0.29) is 11.7 Å². The summed E-state index contributed by atoms with van der Waals surface area (Å²) in [5, 5.41) is 6.75. The molecule has 24 heavy (non-hydrogen) atoms. The number of halogens is 3. The molecule has 0 bridgehead atoms. The molecule has 0 aliphatic rings. The van der Waals surface area contributed by atoms with Gasteiger partial charge in [-0.05, 0) is 36.8 Å². The van der Waals surface area contributed by atoms with Crippen molar-refractivity contribution in [2.24, 2.45) is 5.10 Å². The van der Waals surface area contributed by atoms with Gasteiger partial charge in [0.2, 0.25) is 5.91 Å². The maximum absolute atomic E-state index is 12.5. The van der Waals surface area contributed by atoms with E-state index in [1.165, 1.54) is 13.0 Å². The number of benzene rings is 1. The van der Waals surface area contributed by atoms with Crippen molar-refractivity contribution in [3.05, 3.63) is 53.7 Å². The first-order valence-corrected chi connectivity index (χ1v) is 6.97. The van der Waals surface area contributed by atoms with Crippen molar-refractivity contribution >= 4 is 23.1 Å². The van der Waals surface area contributed by atoms with E-state index in [0.717, 1.165) is 17.8 Å². The van der Waals surface area contributed by atoms with Gasteiger partial charge in [0.05, 0.1) is 11.3 Å². The van der Waals surface area contributed by atoms with Gasteiger partial charge < -0.3 is 5.32 Å². The number of nitrogens with zero attached hydrogens (tertiary/aromatic N) is 2. The Balaban J connectivity index is 2.10. The first-order valence-electron chi connectivity index (χ1n) is 6.97. The first-order chi connectivity index (χ1) is 11.3. The summed E-state index contributed by atoms with van der Waals surface area (Å²) < 4.78 is 37.4. The SMILES string of the molecule is CC(=O)Nc1cccc(/C(C)=N/Nc2ccc(C(F)(F)F)cn2)c1. The van der Waals surface area contributed by atoms with Crippen LogP contribution >= 0.6 is 0 Å². The molecule has 0 unspecified atom stereocenters. The van der Waals surface area contributed by atoms with Gasteiger partial charge in [0.1, 0.15) is 5.82 Å². The lowest BCUT2D eigenvalue weighted by atomic mass is 10.1. The molecule has 0 atom stereocenters. The standard InChI is InChI=1S/C16H15F3N4O/c1-10(12-4-3-5-14(8-12)21-11(2)24)22-23-15-7-6-13(9-20-15)16(17,18)19/h3-9H,1-2H3,(H,20,23)(H,21,24)/b22-10+. The molecule has 5 nitrogen and oxygen atoms in total. The van der Waals surface area contributed by atoms with Crippen LogP contribution in [0.25, 0.3) is 0 Å².